The van der Waals surface area contributed by atoms with Crippen molar-refractivity contribution in [1.29, 1.82) is 0 Å². The van der Waals surface area contributed by atoms with E-state index in [2.05, 4.69) is 13.3 Å². The summed E-state index contributed by atoms with van der Waals surface area (Å²) in [5.74, 6) is -0.191. The minimum atomic E-state index is -0.191. The van der Waals surface area contributed by atoms with Crippen LogP contribution in [0.4, 0.5) is 10.1 Å². The van der Waals surface area contributed by atoms with Gasteiger partial charge in [-0.3, -0.25) is 0 Å². The Hall–Kier alpha value is -1.71. The average Bonchev–Trinajstić information content (AvgIpc) is 2.86. The second-order valence-corrected chi connectivity index (χ2v) is 4.99. The zero-order valence-corrected chi connectivity index (χ0v) is 11.1. The van der Waals surface area contributed by atoms with Crippen LogP contribution in [0, 0.1) is 5.82 Å². The Morgan fingerprint density at radius 2 is 1.94 bits per heavy atom. The average molecular weight is 306 g/mol. The zero-order chi connectivity index (χ0) is 12.4. The Morgan fingerprint density at radius 1 is 1.06 bits per heavy atom. The topological polar surface area (TPSA) is 37.8 Å². The first-order valence-corrected chi connectivity index (χ1v) is 7.06. The van der Waals surface area contributed by atoms with Crippen molar-refractivity contribution >= 4 is 31.7 Å². The summed E-state index contributed by atoms with van der Waals surface area (Å²) in [4.78, 5) is 0. The molecule has 2 aromatic carbocycles. The monoisotopic (exact) mass is 307 g/mol. The number of anilines is 1. The molecule has 0 fully saturated rings. The first-order chi connectivity index (χ1) is 8.84. The second-order valence-electron chi connectivity index (χ2n) is 3.88. The quantitative estimate of drug-likeness (QED) is 0.755. The van der Waals surface area contributed by atoms with Gasteiger partial charge in [-0.1, -0.05) is 0 Å². The van der Waals surface area contributed by atoms with E-state index in [0.29, 0.717) is 12.1 Å². The Morgan fingerprint density at radius 3 is 2.83 bits per heavy atom. The molecule has 1 N–H and O–H groups in total. The van der Waals surface area contributed by atoms with Crippen molar-refractivity contribution in [3.63, 3.8) is 0 Å². The SMILES string of the molecule is Fc1ccccc1CNc1cccc2n[se]nc12. The van der Waals surface area contributed by atoms with Gasteiger partial charge >= 0.3 is 110 Å². The molecule has 0 radical (unpaired) electrons. The van der Waals surface area contributed by atoms with Gasteiger partial charge in [0.25, 0.3) is 0 Å². The van der Waals surface area contributed by atoms with Crippen molar-refractivity contribution in [3.8, 4) is 0 Å². The van der Waals surface area contributed by atoms with Crippen LogP contribution in [-0.2, 0) is 6.54 Å². The summed E-state index contributed by atoms with van der Waals surface area (Å²) in [6.45, 7) is 0.450. The van der Waals surface area contributed by atoms with Gasteiger partial charge in [0, 0.05) is 0 Å². The fourth-order valence-corrected chi connectivity index (χ4v) is 2.93. The van der Waals surface area contributed by atoms with Crippen molar-refractivity contribution in [2.24, 2.45) is 0 Å². The van der Waals surface area contributed by atoms with Crippen molar-refractivity contribution in [2.75, 3.05) is 5.32 Å². The molecule has 5 heteroatoms. The molecule has 0 aliphatic rings. The molecule has 0 bridgehead atoms. The van der Waals surface area contributed by atoms with Crippen LogP contribution < -0.4 is 5.32 Å². The van der Waals surface area contributed by atoms with Gasteiger partial charge in [-0.2, -0.15) is 0 Å². The van der Waals surface area contributed by atoms with Crippen molar-refractivity contribution in [3.05, 3.63) is 53.8 Å². The Kier molecular flexibility index (Phi) is 3.09. The molecule has 3 rings (SSSR count). The van der Waals surface area contributed by atoms with Crippen molar-refractivity contribution < 1.29 is 4.39 Å². The molecule has 3 aromatic rings. The van der Waals surface area contributed by atoms with E-state index in [1.54, 1.807) is 12.1 Å². The number of nitrogens with zero attached hydrogens (tertiary/aromatic N) is 2. The summed E-state index contributed by atoms with van der Waals surface area (Å²) in [6.07, 6.45) is 0. The Labute approximate surface area is 110 Å². The number of hydrogen-bond acceptors (Lipinski definition) is 3. The summed E-state index contributed by atoms with van der Waals surface area (Å²) in [5.41, 5.74) is 3.39. The van der Waals surface area contributed by atoms with Crippen LogP contribution in [0.1, 0.15) is 5.56 Å². The zero-order valence-electron chi connectivity index (χ0n) is 9.43. The standard InChI is InChI=1S/C13H10FN3Se/c14-10-5-2-1-4-9(10)8-15-11-6-3-7-12-13(11)17-18-16-12/h1-7,15H,8H2. The van der Waals surface area contributed by atoms with E-state index >= 15 is 0 Å². The van der Waals surface area contributed by atoms with Gasteiger partial charge in [0.2, 0.25) is 0 Å². The summed E-state index contributed by atoms with van der Waals surface area (Å²) in [5, 5.41) is 3.22. The Bertz CT molecular complexity index is 681. The molecule has 90 valence electrons. The van der Waals surface area contributed by atoms with Gasteiger partial charge in [0.1, 0.15) is 0 Å². The van der Waals surface area contributed by atoms with E-state index < -0.39 is 0 Å². The molecule has 0 amide bonds. The molecular formula is C13H10FN3Se. The molecule has 0 aliphatic carbocycles. The number of rotatable bonds is 3. The molecule has 0 saturated carbocycles. The van der Waals surface area contributed by atoms with Gasteiger partial charge in [0.15, 0.2) is 0 Å². The van der Waals surface area contributed by atoms with Gasteiger partial charge in [-0.05, 0) is 0 Å². The second kappa shape index (κ2) is 4.88. The van der Waals surface area contributed by atoms with E-state index in [9.17, 15) is 4.39 Å². The summed E-state index contributed by atoms with van der Waals surface area (Å²) in [6, 6.07) is 12.6. The van der Waals surface area contributed by atoms with Crippen LogP contribution in [0.2, 0.25) is 0 Å². The van der Waals surface area contributed by atoms with Crippen molar-refractivity contribution in [2.45, 2.75) is 6.54 Å². The third-order valence-electron chi connectivity index (χ3n) is 2.71. The number of hydrogen-bond donors (Lipinski definition) is 1. The predicted octanol–water partition coefficient (Wildman–Crippen LogP) is 2.44. The molecule has 0 saturated heterocycles. The molecule has 0 atom stereocenters. The molecule has 18 heavy (non-hydrogen) atoms. The van der Waals surface area contributed by atoms with Crippen LogP contribution in [0.3, 0.4) is 0 Å². The van der Waals surface area contributed by atoms with Crippen LogP contribution >= 0.6 is 0 Å². The van der Waals surface area contributed by atoms with Crippen LogP contribution in [0.15, 0.2) is 42.5 Å². The van der Waals surface area contributed by atoms with Gasteiger partial charge in [-0.25, -0.2) is 0 Å². The minimum absolute atomic E-state index is 0.0435. The van der Waals surface area contributed by atoms with E-state index in [-0.39, 0.29) is 20.8 Å². The fraction of sp³-hybridized carbons (Fsp3) is 0.0769. The number of fused-ring (bicyclic) bond motifs is 1. The molecule has 1 heterocycles. The van der Waals surface area contributed by atoms with Gasteiger partial charge in [0.05, 0.1) is 0 Å². The maximum atomic E-state index is 13.5. The first kappa shape index (κ1) is 11.4. The van der Waals surface area contributed by atoms with Crippen LogP contribution in [-0.4, -0.2) is 22.9 Å². The predicted molar refractivity (Wildman–Crippen MR) is 70.2 cm³/mol. The number of halogens is 1. The van der Waals surface area contributed by atoms with Gasteiger partial charge in [-0.15, -0.1) is 0 Å². The van der Waals surface area contributed by atoms with Crippen LogP contribution in [0.25, 0.3) is 11.0 Å². The molecular weight excluding hydrogens is 296 g/mol. The van der Waals surface area contributed by atoms with E-state index in [1.165, 1.54) is 6.07 Å². The fourth-order valence-electron chi connectivity index (χ4n) is 1.78. The van der Waals surface area contributed by atoms with E-state index in [4.69, 9.17) is 0 Å². The van der Waals surface area contributed by atoms with Gasteiger partial charge < -0.3 is 0 Å². The summed E-state index contributed by atoms with van der Waals surface area (Å²) >= 11 is -0.0435. The number of aromatic nitrogens is 2. The summed E-state index contributed by atoms with van der Waals surface area (Å²) in [7, 11) is 0. The number of nitrogens with one attached hydrogen (secondary N) is 1. The molecule has 0 spiro atoms. The normalized spacial score (nSPS) is 10.7. The summed E-state index contributed by atoms with van der Waals surface area (Å²) < 4.78 is 22.2. The molecule has 1 aromatic heterocycles. The van der Waals surface area contributed by atoms with E-state index in [1.807, 2.05) is 24.3 Å². The third-order valence-corrected chi connectivity index (χ3v) is 3.85. The molecule has 0 unspecified atom stereocenters. The number of benzene rings is 2. The van der Waals surface area contributed by atoms with E-state index in [0.717, 1.165) is 16.7 Å². The maximum absolute atomic E-state index is 13.5. The first-order valence-electron chi connectivity index (χ1n) is 5.53. The van der Waals surface area contributed by atoms with Crippen molar-refractivity contribution in [1.82, 2.24) is 7.96 Å². The molecule has 0 aliphatic heterocycles. The molecule has 3 nitrogen and oxygen atoms in total. The Balaban J connectivity index is 1.85. The third kappa shape index (κ3) is 2.15. The van der Waals surface area contributed by atoms with Crippen LogP contribution in [0.5, 0.6) is 0 Å².